The first kappa shape index (κ1) is 23.5. The highest BCUT2D eigenvalue weighted by Crippen LogP contribution is 2.39. The maximum absolute atomic E-state index is 12.4. The molecule has 2 aromatic carbocycles. The van der Waals surface area contributed by atoms with E-state index >= 15 is 0 Å². The molecule has 5 N–H and O–H groups in total. The number of anilines is 1. The van der Waals surface area contributed by atoms with Gasteiger partial charge in [0.1, 0.15) is 16.8 Å². The van der Waals surface area contributed by atoms with Gasteiger partial charge < -0.3 is 20.9 Å². The van der Waals surface area contributed by atoms with Gasteiger partial charge in [-0.25, -0.2) is 8.42 Å². The van der Waals surface area contributed by atoms with Crippen LogP contribution in [-0.2, 0) is 14.8 Å². The molecule has 0 saturated carbocycles. The first-order valence-electron chi connectivity index (χ1n) is 8.27. The molecule has 9 heteroatoms. The molecule has 0 amide bonds. The van der Waals surface area contributed by atoms with Crippen LogP contribution in [0.1, 0.15) is 26.2 Å². The smallest absolute Gasteiger partial charge is 0.123 e. The minimum Gasteiger partial charge on any atom is -0.570 e. The van der Waals surface area contributed by atoms with Gasteiger partial charge in [0, 0.05) is 22.3 Å². The van der Waals surface area contributed by atoms with E-state index < -0.39 is 10.0 Å². The Morgan fingerprint density at radius 2 is 1.67 bits per heavy atom. The summed E-state index contributed by atoms with van der Waals surface area (Å²) in [4.78, 5) is 0.0582. The molecule has 2 rings (SSSR count). The summed E-state index contributed by atoms with van der Waals surface area (Å²) in [6.07, 6.45) is 3.32. The number of ether oxygens (including phenoxy) is 1. The average molecular weight is 434 g/mol. The first-order valence-corrected chi connectivity index (χ1v) is 10.5. The summed E-state index contributed by atoms with van der Waals surface area (Å²) >= 11 is 12.0. The molecule has 0 atom stereocenters. The molecule has 0 spiro atoms. The van der Waals surface area contributed by atoms with Crippen LogP contribution in [0.3, 0.4) is 0 Å². The van der Waals surface area contributed by atoms with E-state index in [1.807, 2.05) is 0 Å². The third-order valence-corrected chi connectivity index (χ3v) is 5.47. The molecule has 0 heterocycles. The summed E-state index contributed by atoms with van der Waals surface area (Å²) in [5.74, 6) is 0. The van der Waals surface area contributed by atoms with Crippen LogP contribution < -0.4 is 11.5 Å². The number of unbranched alkanes of at least 4 members (excludes halogenated alkanes) is 2. The summed E-state index contributed by atoms with van der Waals surface area (Å²) < 4.78 is 34.1. The number of halogens is 2. The monoisotopic (exact) mass is 433 g/mol. The molecule has 27 heavy (non-hydrogen) atoms. The third-order valence-electron chi connectivity index (χ3n) is 3.57. The molecular weight excluding hydrogens is 409 g/mol. The molecule has 0 aliphatic carbocycles. The Hall–Kier alpha value is -1.51. The van der Waals surface area contributed by atoms with Crippen molar-refractivity contribution < 1.29 is 13.2 Å². The van der Waals surface area contributed by atoms with E-state index in [4.69, 9.17) is 27.9 Å². The molecule has 150 valence electrons. The van der Waals surface area contributed by atoms with Gasteiger partial charge in [-0.3, -0.25) is 0 Å². The highest BCUT2D eigenvalue weighted by Gasteiger charge is 2.08. The van der Waals surface area contributed by atoms with Gasteiger partial charge in [-0.2, -0.15) is 0 Å². The van der Waals surface area contributed by atoms with Crippen LogP contribution in [0.25, 0.3) is 4.72 Å². The number of sulfonamides is 1. The number of benzene rings is 2. The van der Waals surface area contributed by atoms with E-state index in [9.17, 15) is 8.42 Å². The maximum Gasteiger partial charge on any atom is 0.123 e. The summed E-state index contributed by atoms with van der Waals surface area (Å²) in [5.41, 5.74) is 0.800. The van der Waals surface area contributed by atoms with Crippen molar-refractivity contribution in [3.05, 3.63) is 57.2 Å². The standard InChI is InChI=1S/C18H21Cl2N2O3S.H3N/c1-2-3-4-12-25-13-21-14-8-10-15(11-9-14)26(23,24)22-18-16(19)6-5-7-17(18)20;/h5-11,21H,2-4,12-13H2,1H3;1H3/q-1;/p+1. The van der Waals surface area contributed by atoms with E-state index in [0.29, 0.717) is 13.3 Å². The van der Waals surface area contributed by atoms with E-state index in [1.54, 1.807) is 18.2 Å². The molecule has 0 aromatic heterocycles. The van der Waals surface area contributed by atoms with E-state index in [1.165, 1.54) is 24.3 Å². The van der Waals surface area contributed by atoms with Crippen LogP contribution in [0.4, 0.5) is 11.4 Å². The summed E-state index contributed by atoms with van der Waals surface area (Å²) in [6.45, 7) is 3.21. The van der Waals surface area contributed by atoms with Crippen LogP contribution in [0, 0.1) is 0 Å². The molecule has 0 bridgehead atoms. The first-order chi connectivity index (χ1) is 12.4. The highest BCUT2D eigenvalue weighted by atomic mass is 35.5. The van der Waals surface area contributed by atoms with Gasteiger partial charge in [0.25, 0.3) is 0 Å². The Kier molecular flexibility index (Phi) is 9.90. The van der Waals surface area contributed by atoms with Gasteiger partial charge >= 0.3 is 0 Å². The van der Waals surface area contributed by atoms with Gasteiger partial charge in [0.05, 0.1) is 4.90 Å². The number of hydrogen-bond acceptors (Lipinski definition) is 4. The lowest BCUT2D eigenvalue weighted by molar-refractivity contribution is 0.148. The van der Waals surface area contributed by atoms with Gasteiger partial charge in [-0.05, 0) is 42.8 Å². The number of nitrogens with zero attached hydrogens (tertiary/aromatic N) is 1. The lowest BCUT2D eigenvalue weighted by atomic mass is 10.3. The normalized spacial score (nSPS) is 10.9. The maximum atomic E-state index is 12.4. The van der Waals surface area contributed by atoms with Crippen molar-refractivity contribution in [2.75, 3.05) is 18.7 Å². The Balaban J connectivity index is 0.00000364. The van der Waals surface area contributed by atoms with E-state index in [0.717, 1.165) is 24.9 Å². The SMILES string of the molecule is CCCCCOCNc1ccc(S(=O)(=O)[N-]c2c(Cl)cccc2Cl)cc1.[NH4+]. The summed E-state index contributed by atoms with van der Waals surface area (Å²) in [6, 6.07) is 11.0. The second kappa shape index (κ2) is 11.4. The number of rotatable bonds is 10. The Morgan fingerprint density at radius 1 is 1.04 bits per heavy atom. The fourth-order valence-corrected chi connectivity index (χ4v) is 3.76. The van der Waals surface area contributed by atoms with Crippen molar-refractivity contribution in [3.63, 3.8) is 0 Å². The molecule has 2 aromatic rings. The highest BCUT2D eigenvalue weighted by molar-refractivity contribution is 7.94. The molecule has 0 saturated heterocycles. The van der Waals surface area contributed by atoms with Crippen LogP contribution in [0.5, 0.6) is 0 Å². The van der Waals surface area contributed by atoms with Crippen LogP contribution in [-0.4, -0.2) is 21.8 Å². The summed E-state index contributed by atoms with van der Waals surface area (Å²) in [7, 11) is -3.91. The summed E-state index contributed by atoms with van der Waals surface area (Å²) in [5, 5.41) is 3.44. The number of nitrogens with one attached hydrogen (secondary N) is 1. The molecule has 0 unspecified atom stereocenters. The van der Waals surface area contributed by atoms with Crippen LogP contribution >= 0.6 is 23.2 Å². The van der Waals surface area contributed by atoms with E-state index in [-0.39, 0.29) is 26.8 Å². The third kappa shape index (κ3) is 7.20. The Labute approximate surface area is 170 Å². The van der Waals surface area contributed by atoms with Crippen molar-refractivity contribution in [2.45, 2.75) is 31.1 Å². The fraction of sp³-hybridized carbons (Fsp3) is 0.333. The topological polar surface area (TPSA) is 106 Å². The van der Waals surface area contributed by atoms with Crippen molar-refractivity contribution in [1.29, 1.82) is 0 Å². The Bertz CT molecular complexity index is 795. The van der Waals surface area contributed by atoms with Crippen LogP contribution in [0.15, 0.2) is 47.4 Å². The average Bonchev–Trinajstić information content (AvgIpc) is 2.62. The quantitative estimate of drug-likeness (QED) is 0.336. The minimum atomic E-state index is -3.91. The van der Waals surface area contributed by atoms with Crippen molar-refractivity contribution in [3.8, 4) is 0 Å². The zero-order valence-corrected chi connectivity index (χ0v) is 17.7. The zero-order chi connectivity index (χ0) is 19.0. The van der Waals surface area contributed by atoms with Gasteiger partial charge in [-0.1, -0.05) is 54.7 Å². The zero-order valence-electron chi connectivity index (χ0n) is 15.4. The molecule has 0 fully saturated rings. The van der Waals surface area contributed by atoms with Gasteiger partial charge in [0.15, 0.2) is 0 Å². The Morgan fingerprint density at radius 3 is 2.26 bits per heavy atom. The predicted molar refractivity (Wildman–Crippen MR) is 113 cm³/mol. The largest absolute Gasteiger partial charge is 0.570 e. The van der Waals surface area contributed by atoms with Crippen LogP contribution in [0.2, 0.25) is 10.0 Å². The van der Waals surface area contributed by atoms with Gasteiger partial charge in [-0.15, -0.1) is 0 Å². The molecule has 6 nitrogen and oxygen atoms in total. The number of hydrogen-bond donors (Lipinski definition) is 2. The second-order valence-corrected chi connectivity index (χ2v) is 8.02. The predicted octanol–water partition coefficient (Wildman–Crippen LogP) is 6.34. The van der Waals surface area contributed by atoms with Crippen molar-refractivity contribution >= 4 is 44.6 Å². The fourth-order valence-electron chi connectivity index (χ4n) is 2.15. The molecular formula is C18H25Cl2N3O3S. The van der Waals surface area contributed by atoms with Crippen molar-refractivity contribution in [1.82, 2.24) is 6.15 Å². The molecule has 0 aliphatic rings. The minimum absolute atomic E-state index is 0. The number of quaternary nitrogens is 1. The molecule has 0 aliphatic heterocycles. The van der Waals surface area contributed by atoms with E-state index in [2.05, 4.69) is 17.0 Å². The second-order valence-electron chi connectivity index (χ2n) is 5.60. The lowest BCUT2D eigenvalue weighted by Crippen LogP contribution is -2.07. The van der Waals surface area contributed by atoms with Gasteiger partial charge in [0.2, 0.25) is 0 Å². The molecule has 0 radical (unpaired) electrons. The lowest BCUT2D eigenvalue weighted by Gasteiger charge is -2.24. The van der Waals surface area contributed by atoms with Crippen molar-refractivity contribution in [2.24, 2.45) is 0 Å².